The molecule has 1 amide bonds. The summed E-state index contributed by atoms with van der Waals surface area (Å²) in [5.74, 6) is 4.67. The van der Waals surface area contributed by atoms with Crippen LogP contribution in [0.2, 0.25) is 0 Å². The van der Waals surface area contributed by atoms with Crippen LogP contribution in [-0.4, -0.2) is 11.0 Å². The van der Waals surface area contributed by atoms with Crippen molar-refractivity contribution >= 4 is 5.91 Å². The third kappa shape index (κ3) is 2.26. The summed E-state index contributed by atoms with van der Waals surface area (Å²) in [5, 5.41) is 10.9. The first-order valence-corrected chi connectivity index (χ1v) is 6.48. The van der Waals surface area contributed by atoms with E-state index in [1.165, 1.54) is 6.42 Å². The number of hydrogen-bond acceptors (Lipinski definition) is 3. The number of nitrogens with two attached hydrogens (primary N) is 1. The van der Waals surface area contributed by atoms with Crippen molar-refractivity contribution < 1.29 is 9.90 Å². The van der Waals surface area contributed by atoms with Crippen molar-refractivity contribution in [2.75, 3.05) is 0 Å². The fraction of sp³-hybridized carbons (Fsp3) is 0.500. The Balaban J connectivity index is 2.36. The zero-order valence-electron chi connectivity index (χ0n) is 10.4. The molecule has 1 aliphatic rings. The van der Waals surface area contributed by atoms with E-state index in [4.69, 9.17) is 5.84 Å². The van der Waals surface area contributed by atoms with Crippen LogP contribution in [0.25, 0.3) is 0 Å². The molecule has 2 rings (SSSR count). The second-order valence-corrected chi connectivity index (χ2v) is 4.94. The van der Waals surface area contributed by atoms with Gasteiger partial charge in [0.25, 0.3) is 5.91 Å². The van der Waals surface area contributed by atoms with Gasteiger partial charge >= 0.3 is 0 Å². The second-order valence-electron chi connectivity index (χ2n) is 4.94. The zero-order valence-corrected chi connectivity index (χ0v) is 10.4. The third-order valence-electron chi connectivity index (χ3n) is 3.89. The number of carbonyl (C=O) groups is 1. The van der Waals surface area contributed by atoms with Gasteiger partial charge in [0.15, 0.2) is 5.60 Å². The van der Waals surface area contributed by atoms with Gasteiger partial charge < -0.3 is 5.11 Å². The molecule has 0 spiro atoms. The minimum atomic E-state index is -1.50. The van der Waals surface area contributed by atoms with Crippen LogP contribution in [0.15, 0.2) is 30.3 Å². The summed E-state index contributed by atoms with van der Waals surface area (Å²) in [5.41, 5.74) is 1.23. The molecule has 1 fully saturated rings. The Morgan fingerprint density at radius 3 is 2.39 bits per heavy atom. The monoisotopic (exact) mass is 248 g/mol. The van der Waals surface area contributed by atoms with Crippen molar-refractivity contribution in [3.05, 3.63) is 35.9 Å². The maximum absolute atomic E-state index is 12.0. The first-order chi connectivity index (χ1) is 8.69. The first kappa shape index (κ1) is 13.1. The maximum Gasteiger partial charge on any atom is 0.270 e. The van der Waals surface area contributed by atoms with Gasteiger partial charge in [-0.1, -0.05) is 49.6 Å². The molecule has 0 unspecified atom stereocenters. The van der Waals surface area contributed by atoms with Crippen LogP contribution in [0.5, 0.6) is 0 Å². The van der Waals surface area contributed by atoms with E-state index in [0.717, 1.165) is 25.7 Å². The van der Waals surface area contributed by atoms with E-state index in [1.54, 1.807) is 12.1 Å². The number of rotatable bonds is 3. The molecule has 1 aliphatic carbocycles. The van der Waals surface area contributed by atoms with Crippen molar-refractivity contribution in [2.24, 2.45) is 11.8 Å². The molecule has 1 saturated carbocycles. The molecule has 1 atom stereocenters. The largest absolute Gasteiger partial charge is 0.375 e. The van der Waals surface area contributed by atoms with Crippen molar-refractivity contribution in [1.29, 1.82) is 0 Å². The third-order valence-corrected chi connectivity index (χ3v) is 3.89. The molecule has 4 N–H and O–H groups in total. The SMILES string of the molecule is NNC(=O)[C@](O)(c1ccccc1)C1CCCCC1. The lowest BCUT2D eigenvalue weighted by Crippen LogP contribution is -2.52. The van der Waals surface area contributed by atoms with Crippen molar-refractivity contribution in [3.8, 4) is 0 Å². The molecular weight excluding hydrogens is 228 g/mol. The molecule has 4 heteroatoms. The number of carbonyl (C=O) groups excluding carboxylic acids is 1. The summed E-state index contributed by atoms with van der Waals surface area (Å²) in [6, 6.07) is 9.08. The number of benzene rings is 1. The van der Waals surface area contributed by atoms with E-state index < -0.39 is 11.5 Å². The van der Waals surface area contributed by atoms with Gasteiger partial charge in [-0.3, -0.25) is 10.2 Å². The smallest absolute Gasteiger partial charge is 0.270 e. The summed E-state index contributed by atoms with van der Waals surface area (Å²) in [7, 11) is 0. The van der Waals surface area contributed by atoms with Gasteiger partial charge in [-0.15, -0.1) is 0 Å². The summed E-state index contributed by atoms with van der Waals surface area (Å²) in [6.45, 7) is 0. The lowest BCUT2D eigenvalue weighted by atomic mass is 9.73. The van der Waals surface area contributed by atoms with E-state index in [-0.39, 0.29) is 5.92 Å². The van der Waals surface area contributed by atoms with E-state index in [1.807, 2.05) is 18.2 Å². The molecule has 1 aromatic carbocycles. The van der Waals surface area contributed by atoms with Gasteiger partial charge in [0.2, 0.25) is 0 Å². The van der Waals surface area contributed by atoms with Crippen LogP contribution in [0.4, 0.5) is 0 Å². The molecule has 0 heterocycles. The van der Waals surface area contributed by atoms with Crippen LogP contribution in [-0.2, 0) is 10.4 Å². The fourth-order valence-electron chi connectivity index (χ4n) is 2.87. The highest BCUT2D eigenvalue weighted by atomic mass is 16.3. The molecule has 18 heavy (non-hydrogen) atoms. The van der Waals surface area contributed by atoms with Crippen molar-refractivity contribution in [3.63, 3.8) is 0 Å². The van der Waals surface area contributed by atoms with Gasteiger partial charge in [0, 0.05) is 5.92 Å². The number of hydrazine groups is 1. The Morgan fingerprint density at radius 1 is 1.22 bits per heavy atom. The summed E-state index contributed by atoms with van der Waals surface area (Å²) < 4.78 is 0. The Labute approximate surface area is 107 Å². The Kier molecular flexibility index (Phi) is 3.99. The highest BCUT2D eigenvalue weighted by Crippen LogP contribution is 2.39. The topological polar surface area (TPSA) is 75.3 Å². The van der Waals surface area contributed by atoms with E-state index in [2.05, 4.69) is 5.43 Å². The van der Waals surface area contributed by atoms with Crippen LogP contribution in [0.1, 0.15) is 37.7 Å². The number of amides is 1. The predicted molar refractivity (Wildman–Crippen MR) is 69.2 cm³/mol. The van der Waals surface area contributed by atoms with Gasteiger partial charge in [0.1, 0.15) is 0 Å². The summed E-state index contributed by atoms with van der Waals surface area (Å²) >= 11 is 0. The minimum Gasteiger partial charge on any atom is -0.375 e. The van der Waals surface area contributed by atoms with E-state index in [0.29, 0.717) is 5.56 Å². The minimum absolute atomic E-state index is 0.0581. The number of aliphatic hydroxyl groups is 1. The maximum atomic E-state index is 12.0. The highest BCUT2D eigenvalue weighted by molar-refractivity contribution is 5.86. The highest BCUT2D eigenvalue weighted by Gasteiger charge is 2.45. The Hall–Kier alpha value is -1.39. The van der Waals surface area contributed by atoms with E-state index >= 15 is 0 Å². The average Bonchev–Trinajstić information content (AvgIpc) is 2.47. The standard InChI is InChI=1S/C14H20N2O2/c15-16-13(17)14(18,11-7-3-1-4-8-11)12-9-5-2-6-10-12/h1,3-4,7-8,12,18H,2,5-6,9-10,15H2,(H,16,17)/t14-/m0/s1. The van der Waals surface area contributed by atoms with Crippen LogP contribution >= 0.6 is 0 Å². The zero-order chi connectivity index (χ0) is 13.0. The van der Waals surface area contributed by atoms with Crippen LogP contribution in [0, 0.1) is 5.92 Å². The predicted octanol–water partition coefficient (Wildman–Crippen LogP) is 1.44. The molecule has 0 saturated heterocycles. The molecule has 4 nitrogen and oxygen atoms in total. The fourth-order valence-corrected chi connectivity index (χ4v) is 2.87. The summed E-state index contributed by atoms with van der Waals surface area (Å²) in [6.07, 6.45) is 5.00. The van der Waals surface area contributed by atoms with Gasteiger partial charge in [-0.2, -0.15) is 0 Å². The van der Waals surface area contributed by atoms with Crippen molar-refractivity contribution in [1.82, 2.24) is 5.43 Å². The Morgan fingerprint density at radius 2 is 1.83 bits per heavy atom. The Bertz CT molecular complexity index is 402. The lowest BCUT2D eigenvalue weighted by Gasteiger charge is -2.37. The molecule has 0 aliphatic heterocycles. The quantitative estimate of drug-likeness (QED) is 0.430. The summed E-state index contributed by atoms with van der Waals surface area (Å²) in [4.78, 5) is 12.0. The van der Waals surface area contributed by atoms with Crippen LogP contribution in [0.3, 0.4) is 0 Å². The van der Waals surface area contributed by atoms with Crippen molar-refractivity contribution in [2.45, 2.75) is 37.7 Å². The second kappa shape index (κ2) is 5.50. The van der Waals surface area contributed by atoms with Gasteiger partial charge in [-0.25, -0.2) is 5.84 Å². The molecule has 0 radical (unpaired) electrons. The molecular formula is C14H20N2O2. The average molecular weight is 248 g/mol. The first-order valence-electron chi connectivity index (χ1n) is 6.48. The van der Waals surface area contributed by atoms with Gasteiger partial charge in [0.05, 0.1) is 0 Å². The molecule has 0 bridgehead atoms. The molecule has 0 aromatic heterocycles. The lowest BCUT2D eigenvalue weighted by molar-refractivity contribution is -0.149. The molecule has 1 aromatic rings. The molecule has 98 valence electrons. The normalized spacial score (nSPS) is 20.1. The van der Waals surface area contributed by atoms with E-state index in [9.17, 15) is 9.90 Å². The van der Waals surface area contributed by atoms with Crippen LogP contribution < -0.4 is 11.3 Å². The number of hydrogen-bond donors (Lipinski definition) is 3. The number of nitrogens with one attached hydrogen (secondary N) is 1. The van der Waals surface area contributed by atoms with Gasteiger partial charge in [-0.05, 0) is 18.4 Å².